The van der Waals surface area contributed by atoms with E-state index < -0.39 is 0 Å². The third-order valence-corrected chi connectivity index (χ3v) is 5.75. The van der Waals surface area contributed by atoms with Crippen LogP contribution in [0.25, 0.3) is 0 Å². The van der Waals surface area contributed by atoms with E-state index in [1.807, 2.05) is 25.6 Å². The summed E-state index contributed by atoms with van der Waals surface area (Å²) in [6, 6.07) is -0.0164. The summed E-state index contributed by atoms with van der Waals surface area (Å²) >= 11 is 1.90. The zero-order valence-corrected chi connectivity index (χ0v) is 14.2. The number of hydrogen-bond acceptors (Lipinski definition) is 3. The van der Waals surface area contributed by atoms with E-state index >= 15 is 0 Å². The van der Waals surface area contributed by atoms with Crippen molar-refractivity contribution in [3.05, 3.63) is 0 Å². The van der Waals surface area contributed by atoms with E-state index in [4.69, 9.17) is 0 Å². The molecule has 0 bridgehead atoms. The molecule has 5 heteroatoms. The molecule has 1 saturated carbocycles. The van der Waals surface area contributed by atoms with E-state index in [0.29, 0.717) is 11.7 Å². The van der Waals surface area contributed by atoms with Gasteiger partial charge in [0.25, 0.3) is 0 Å². The Morgan fingerprint density at radius 1 is 1.33 bits per heavy atom. The van der Waals surface area contributed by atoms with Crippen molar-refractivity contribution in [1.29, 1.82) is 0 Å². The van der Waals surface area contributed by atoms with E-state index in [0.717, 1.165) is 25.8 Å². The molecule has 0 radical (unpaired) electrons. The van der Waals surface area contributed by atoms with Gasteiger partial charge in [-0.05, 0) is 37.9 Å². The number of hydrogen-bond donors (Lipinski definition) is 1. The fourth-order valence-corrected chi connectivity index (χ4v) is 4.37. The van der Waals surface area contributed by atoms with Gasteiger partial charge in [0.2, 0.25) is 11.8 Å². The van der Waals surface area contributed by atoms with Crippen LogP contribution in [0.15, 0.2) is 0 Å². The third kappa shape index (κ3) is 4.15. The molecule has 0 aromatic carbocycles. The Bertz CT molecular complexity index is 386. The van der Waals surface area contributed by atoms with E-state index in [1.54, 1.807) is 4.90 Å². The summed E-state index contributed by atoms with van der Waals surface area (Å²) < 4.78 is 0. The molecule has 2 aliphatic rings. The minimum absolute atomic E-state index is 0.0482. The highest BCUT2D eigenvalue weighted by molar-refractivity contribution is 7.99. The maximum Gasteiger partial charge on any atom is 0.243 e. The van der Waals surface area contributed by atoms with Crippen LogP contribution in [0.3, 0.4) is 0 Å². The lowest BCUT2D eigenvalue weighted by molar-refractivity contribution is -0.139. The molecule has 120 valence electrons. The van der Waals surface area contributed by atoms with Crippen molar-refractivity contribution in [3.8, 4) is 0 Å². The zero-order valence-electron chi connectivity index (χ0n) is 13.4. The predicted octanol–water partition coefficient (Wildman–Crippen LogP) is 2.42. The van der Waals surface area contributed by atoms with Gasteiger partial charge < -0.3 is 10.2 Å². The molecule has 0 aromatic rings. The number of nitrogens with one attached hydrogen (secondary N) is 1. The van der Waals surface area contributed by atoms with Crippen LogP contribution in [0.2, 0.25) is 0 Å². The molecule has 4 nitrogen and oxygen atoms in total. The van der Waals surface area contributed by atoms with Crippen LogP contribution >= 0.6 is 11.8 Å². The topological polar surface area (TPSA) is 49.4 Å². The molecule has 1 heterocycles. The number of carbonyl (C=O) groups is 2. The summed E-state index contributed by atoms with van der Waals surface area (Å²) in [5.74, 6) is 0.341. The van der Waals surface area contributed by atoms with Gasteiger partial charge in [-0.25, -0.2) is 0 Å². The van der Waals surface area contributed by atoms with Crippen LogP contribution < -0.4 is 5.32 Å². The van der Waals surface area contributed by atoms with E-state index in [1.165, 1.54) is 12.8 Å². The second-order valence-corrected chi connectivity index (χ2v) is 7.75. The molecule has 2 amide bonds. The van der Waals surface area contributed by atoms with Crippen molar-refractivity contribution in [2.75, 3.05) is 12.8 Å². The number of carbonyl (C=O) groups excluding carboxylic acids is 2. The van der Waals surface area contributed by atoms with Crippen LogP contribution in [0, 0.1) is 5.92 Å². The lowest BCUT2D eigenvalue weighted by Crippen LogP contribution is -2.53. The Balaban J connectivity index is 1.97. The number of rotatable bonds is 5. The van der Waals surface area contributed by atoms with Crippen LogP contribution in [0.4, 0.5) is 0 Å². The fraction of sp³-hybridized carbons (Fsp3) is 0.875. The molecule has 0 spiro atoms. The van der Waals surface area contributed by atoms with Gasteiger partial charge in [0.15, 0.2) is 0 Å². The summed E-state index contributed by atoms with van der Waals surface area (Å²) in [4.78, 5) is 26.4. The molecule has 1 N–H and O–H groups in total. The number of likely N-dealkylation sites (tertiary alicyclic amines) is 1. The smallest absolute Gasteiger partial charge is 0.243 e. The van der Waals surface area contributed by atoms with Crippen molar-refractivity contribution >= 4 is 23.6 Å². The minimum Gasteiger partial charge on any atom is -0.352 e. The Morgan fingerprint density at radius 3 is 2.67 bits per heavy atom. The summed E-state index contributed by atoms with van der Waals surface area (Å²) in [5.41, 5.74) is 0. The molecular weight excluding hydrogens is 284 g/mol. The van der Waals surface area contributed by atoms with E-state index in [9.17, 15) is 9.59 Å². The first-order valence-electron chi connectivity index (χ1n) is 8.15. The van der Waals surface area contributed by atoms with Gasteiger partial charge in [-0.1, -0.05) is 20.3 Å². The average molecular weight is 312 g/mol. The second kappa shape index (κ2) is 7.52. The van der Waals surface area contributed by atoms with Crippen LogP contribution in [0.5, 0.6) is 0 Å². The first-order chi connectivity index (χ1) is 10.0. The summed E-state index contributed by atoms with van der Waals surface area (Å²) in [7, 11) is 0. The fourth-order valence-electron chi connectivity index (χ4n) is 3.54. The van der Waals surface area contributed by atoms with Crippen LogP contribution in [-0.4, -0.2) is 46.8 Å². The molecule has 1 saturated heterocycles. The van der Waals surface area contributed by atoms with Gasteiger partial charge in [0, 0.05) is 24.3 Å². The summed E-state index contributed by atoms with van der Waals surface area (Å²) in [6.07, 6.45) is 8.20. The largest absolute Gasteiger partial charge is 0.352 e. The number of thioether (sulfide) groups is 1. The Hall–Kier alpha value is -0.710. The normalized spacial score (nSPS) is 28.0. The summed E-state index contributed by atoms with van der Waals surface area (Å²) in [6.45, 7) is 4.79. The molecule has 0 aromatic heterocycles. The van der Waals surface area contributed by atoms with Crippen molar-refractivity contribution in [2.45, 2.75) is 69.7 Å². The Kier molecular flexibility index (Phi) is 5.97. The van der Waals surface area contributed by atoms with Crippen molar-refractivity contribution in [1.82, 2.24) is 10.2 Å². The maximum atomic E-state index is 12.7. The number of amides is 2. The first-order valence-corrected chi connectivity index (χ1v) is 9.44. The van der Waals surface area contributed by atoms with Crippen molar-refractivity contribution in [3.63, 3.8) is 0 Å². The Morgan fingerprint density at radius 2 is 2.10 bits per heavy atom. The lowest BCUT2D eigenvalue weighted by atomic mass is 9.93. The van der Waals surface area contributed by atoms with E-state index in [2.05, 4.69) is 11.6 Å². The van der Waals surface area contributed by atoms with Crippen LogP contribution in [-0.2, 0) is 9.59 Å². The highest BCUT2D eigenvalue weighted by Crippen LogP contribution is 2.27. The molecule has 21 heavy (non-hydrogen) atoms. The molecule has 2 rings (SSSR count). The standard InChI is InChI=1S/C16H28N2O2S/c1-11(2)15(18-9-5-8-14(18)19)16(20)17-12-6-4-7-13(10-12)21-3/h11-13,15H,4-10H2,1-3H3,(H,17,20)/t12-,13+,15-/m1/s1. The SMILES string of the molecule is CS[C@H]1CCC[C@@H](NC(=O)[C@@H](C(C)C)N2CCCC2=O)C1. The van der Waals surface area contributed by atoms with Gasteiger partial charge in [-0.15, -0.1) is 0 Å². The minimum atomic E-state index is -0.297. The third-order valence-electron chi connectivity index (χ3n) is 4.65. The highest BCUT2D eigenvalue weighted by Gasteiger charge is 2.36. The number of nitrogens with zero attached hydrogens (tertiary/aromatic N) is 1. The van der Waals surface area contributed by atoms with Crippen LogP contribution in [0.1, 0.15) is 52.4 Å². The van der Waals surface area contributed by atoms with Gasteiger partial charge in [0.05, 0.1) is 0 Å². The molecule has 1 aliphatic heterocycles. The maximum absolute atomic E-state index is 12.7. The second-order valence-electron chi connectivity index (χ2n) is 6.61. The average Bonchev–Trinajstić information content (AvgIpc) is 2.85. The molecule has 0 unspecified atom stereocenters. The van der Waals surface area contributed by atoms with Gasteiger partial charge >= 0.3 is 0 Å². The van der Waals surface area contributed by atoms with Gasteiger partial charge in [0.1, 0.15) is 6.04 Å². The molecular formula is C16H28N2O2S. The predicted molar refractivity (Wildman–Crippen MR) is 87.3 cm³/mol. The quantitative estimate of drug-likeness (QED) is 0.848. The molecule has 1 aliphatic carbocycles. The zero-order chi connectivity index (χ0) is 15.4. The highest BCUT2D eigenvalue weighted by atomic mass is 32.2. The summed E-state index contributed by atoms with van der Waals surface area (Å²) in [5, 5.41) is 3.88. The van der Waals surface area contributed by atoms with Crippen molar-refractivity contribution in [2.24, 2.45) is 5.92 Å². The Labute approximate surface area is 132 Å². The molecule has 3 atom stereocenters. The lowest BCUT2D eigenvalue weighted by Gasteiger charge is -2.34. The van der Waals surface area contributed by atoms with E-state index in [-0.39, 0.29) is 29.8 Å². The van der Waals surface area contributed by atoms with Gasteiger partial charge in [-0.3, -0.25) is 9.59 Å². The first kappa shape index (κ1) is 16.7. The monoisotopic (exact) mass is 312 g/mol. The molecule has 2 fully saturated rings. The van der Waals surface area contributed by atoms with Gasteiger partial charge in [-0.2, -0.15) is 11.8 Å². The van der Waals surface area contributed by atoms with Crippen molar-refractivity contribution < 1.29 is 9.59 Å².